The number of likely N-dealkylation sites (tertiary alicyclic amines) is 1. The summed E-state index contributed by atoms with van der Waals surface area (Å²) in [5, 5.41) is 4.30. The Kier molecular flexibility index (Phi) is 6.80. The molecule has 2 aromatic rings. The second-order valence-corrected chi connectivity index (χ2v) is 9.88. The summed E-state index contributed by atoms with van der Waals surface area (Å²) in [5.41, 5.74) is 2.29. The monoisotopic (exact) mass is 460 g/mol. The van der Waals surface area contributed by atoms with E-state index in [0.717, 1.165) is 50.1 Å². The maximum Gasteiger partial charge on any atom is 0.224 e. The largest absolute Gasteiger partial charge is 0.497 e. The van der Waals surface area contributed by atoms with Gasteiger partial charge in [0.25, 0.3) is 0 Å². The molecule has 1 heterocycles. The summed E-state index contributed by atoms with van der Waals surface area (Å²) >= 11 is 12.1. The molecular formula is C25H30Cl2N2O2. The molecule has 6 heteroatoms. The molecule has 3 atom stereocenters. The van der Waals surface area contributed by atoms with Crippen LogP contribution in [0, 0.1) is 5.92 Å². The summed E-state index contributed by atoms with van der Waals surface area (Å²) in [4.78, 5) is 15.3. The van der Waals surface area contributed by atoms with Crippen molar-refractivity contribution in [1.29, 1.82) is 0 Å². The highest BCUT2D eigenvalue weighted by molar-refractivity contribution is 6.42. The van der Waals surface area contributed by atoms with Crippen LogP contribution in [0.25, 0.3) is 0 Å². The quantitative estimate of drug-likeness (QED) is 0.674. The molecule has 2 fully saturated rings. The normalized spacial score (nSPS) is 26.2. The summed E-state index contributed by atoms with van der Waals surface area (Å²) < 4.78 is 5.52. The van der Waals surface area contributed by atoms with Crippen LogP contribution in [0.3, 0.4) is 0 Å². The van der Waals surface area contributed by atoms with Crippen molar-refractivity contribution in [1.82, 2.24) is 10.2 Å². The Morgan fingerprint density at radius 3 is 2.81 bits per heavy atom. The number of ether oxygens (including phenoxy) is 1. The van der Waals surface area contributed by atoms with Gasteiger partial charge in [-0.1, -0.05) is 41.4 Å². The standard InChI is InChI=1S/C25H30Cl2N2O2/c1-29-11-10-25(18-4-3-5-21(14-18)31-2)15-20(8-7-19(25)16-29)28-24(30)13-17-6-9-22(26)23(27)12-17/h3-6,9,12,14,19-20H,7-8,10-11,13,15-16H2,1-2H3,(H,28,30). The highest BCUT2D eigenvalue weighted by Gasteiger charge is 2.47. The van der Waals surface area contributed by atoms with Crippen molar-refractivity contribution < 1.29 is 9.53 Å². The van der Waals surface area contributed by atoms with Crippen LogP contribution in [-0.4, -0.2) is 44.1 Å². The van der Waals surface area contributed by atoms with Crippen molar-refractivity contribution in [3.05, 3.63) is 63.6 Å². The Labute approximate surface area is 194 Å². The van der Waals surface area contributed by atoms with Crippen LogP contribution < -0.4 is 10.1 Å². The van der Waals surface area contributed by atoms with Crippen molar-refractivity contribution >= 4 is 29.1 Å². The number of carbonyl (C=O) groups is 1. The van der Waals surface area contributed by atoms with Crippen LogP contribution >= 0.6 is 23.2 Å². The summed E-state index contributed by atoms with van der Waals surface area (Å²) in [7, 11) is 3.93. The smallest absolute Gasteiger partial charge is 0.224 e. The van der Waals surface area contributed by atoms with E-state index in [1.807, 2.05) is 12.1 Å². The molecule has 1 saturated carbocycles. The second kappa shape index (κ2) is 9.40. The Bertz CT molecular complexity index is 951. The minimum atomic E-state index is 0.0376. The van der Waals surface area contributed by atoms with E-state index < -0.39 is 0 Å². The van der Waals surface area contributed by atoms with Gasteiger partial charge in [-0.2, -0.15) is 0 Å². The van der Waals surface area contributed by atoms with Crippen molar-refractivity contribution in [3.8, 4) is 5.75 Å². The van der Waals surface area contributed by atoms with Gasteiger partial charge in [0.1, 0.15) is 5.75 Å². The number of piperidine rings is 1. The van der Waals surface area contributed by atoms with Crippen LogP contribution in [0.2, 0.25) is 10.0 Å². The zero-order valence-electron chi connectivity index (χ0n) is 18.2. The zero-order chi connectivity index (χ0) is 22.0. The van der Waals surface area contributed by atoms with Crippen LogP contribution in [-0.2, 0) is 16.6 Å². The van der Waals surface area contributed by atoms with E-state index in [1.54, 1.807) is 19.2 Å². The number of hydrogen-bond donors (Lipinski definition) is 1. The first-order valence-electron chi connectivity index (χ1n) is 11.0. The molecule has 0 spiro atoms. The predicted molar refractivity (Wildman–Crippen MR) is 126 cm³/mol. The number of nitrogens with one attached hydrogen (secondary N) is 1. The van der Waals surface area contributed by atoms with Crippen molar-refractivity contribution in [2.75, 3.05) is 27.2 Å². The van der Waals surface area contributed by atoms with Gasteiger partial charge in [0.05, 0.1) is 23.6 Å². The van der Waals surface area contributed by atoms with Gasteiger partial charge in [0, 0.05) is 18.0 Å². The topological polar surface area (TPSA) is 41.6 Å². The number of benzene rings is 2. The number of halogens is 2. The Morgan fingerprint density at radius 1 is 1.19 bits per heavy atom. The number of carbonyl (C=O) groups excluding carboxylic acids is 1. The molecule has 1 amide bonds. The van der Waals surface area contributed by atoms with Crippen molar-refractivity contribution in [2.45, 2.75) is 43.6 Å². The number of fused-ring (bicyclic) bond motifs is 1. The summed E-state index contributed by atoms with van der Waals surface area (Å²) in [6, 6.07) is 14.1. The average molecular weight is 461 g/mol. The SMILES string of the molecule is COc1cccc(C23CCN(C)CC2CCC(NC(=O)Cc2ccc(Cl)c(Cl)c2)C3)c1. The number of methoxy groups -OCH3 is 1. The molecule has 4 nitrogen and oxygen atoms in total. The molecular weight excluding hydrogens is 431 g/mol. The van der Waals surface area contributed by atoms with Crippen molar-refractivity contribution in [2.24, 2.45) is 5.92 Å². The fraction of sp³-hybridized carbons (Fsp3) is 0.480. The Morgan fingerprint density at radius 2 is 2.03 bits per heavy atom. The van der Waals surface area contributed by atoms with E-state index in [2.05, 4.69) is 35.5 Å². The third kappa shape index (κ3) is 4.87. The number of rotatable bonds is 5. The first-order chi connectivity index (χ1) is 14.9. The Balaban J connectivity index is 1.51. The minimum absolute atomic E-state index is 0.0376. The molecule has 1 aliphatic carbocycles. The van der Waals surface area contributed by atoms with Gasteiger partial charge < -0.3 is 15.0 Å². The number of hydrogen-bond acceptors (Lipinski definition) is 3. The summed E-state index contributed by atoms with van der Waals surface area (Å²) in [6.07, 6.45) is 4.49. The van der Waals surface area contributed by atoms with Crippen LogP contribution in [0.4, 0.5) is 0 Å². The molecule has 2 aliphatic rings. The van der Waals surface area contributed by atoms with Gasteiger partial charge in [0.15, 0.2) is 0 Å². The van der Waals surface area contributed by atoms with Gasteiger partial charge in [-0.25, -0.2) is 0 Å². The maximum absolute atomic E-state index is 12.8. The molecule has 4 rings (SSSR count). The molecule has 31 heavy (non-hydrogen) atoms. The third-order valence-electron chi connectivity index (χ3n) is 7.09. The lowest BCUT2D eigenvalue weighted by Crippen LogP contribution is -2.55. The van der Waals surface area contributed by atoms with Crippen LogP contribution in [0.15, 0.2) is 42.5 Å². The third-order valence-corrected chi connectivity index (χ3v) is 7.82. The lowest BCUT2D eigenvalue weighted by atomic mass is 9.58. The molecule has 0 aromatic heterocycles. The van der Waals surface area contributed by atoms with Crippen LogP contribution in [0.5, 0.6) is 5.75 Å². The molecule has 3 unspecified atom stereocenters. The highest BCUT2D eigenvalue weighted by atomic mass is 35.5. The number of nitrogens with zero attached hydrogens (tertiary/aromatic N) is 1. The van der Waals surface area contributed by atoms with Gasteiger partial charge in [-0.15, -0.1) is 0 Å². The maximum atomic E-state index is 12.8. The summed E-state index contributed by atoms with van der Waals surface area (Å²) in [6.45, 7) is 2.17. The fourth-order valence-electron chi connectivity index (χ4n) is 5.48. The minimum Gasteiger partial charge on any atom is -0.497 e. The van der Waals surface area contributed by atoms with Gasteiger partial charge in [-0.05, 0) is 80.6 Å². The molecule has 1 N–H and O–H groups in total. The molecule has 0 radical (unpaired) electrons. The van der Waals surface area contributed by atoms with Crippen molar-refractivity contribution in [3.63, 3.8) is 0 Å². The van der Waals surface area contributed by atoms with E-state index in [-0.39, 0.29) is 17.4 Å². The van der Waals surface area contributed by atoms with E-state index in [1.165, 1.54) is 5.56 Å². The summed E-state index contributed by atoms with van der Waals surface area (Å²) in [5.74, 6) is 1.52. The van der Waals surface area contributed by atoms with E-state index in [4.69, 9.17) is 27.9 Å². The van der Waals surface area contributed by atoms with E-state index in [9.17, 15) is 4.79 Å². The average Bonchev–Trinajstić information content (AvgIpc) is 2.76. The van der Waals surface area contributed by atoms with E-state index >= 15 is 0 Å². The van der Waals surface area contributed by atoms with E-state index in [0.29, 0.717) is 22.4 Å². The fourth-order valence-corrected chi connectivity index (χ4v) is 5.81. The molecule has 0 bridgehead atoms. The Hall–Kier alpha value is -1.75. The van der Waals surface area contributed by atoms with Gasteiger partial charge in [0.2, 0.25) is 5.91 Å². The van der Waals surface area contributed by atoms with Gasteiger partial charge in [-0.3, -0.25) is 4.79 Å². The van der Waals surface area contributed by atoms with Crippen LogP contribution in [0.1, 0.15) is 36.8 Å². The predicted octanol–water partition coefficient (Wildman–Crippen LogP) is 5.10. The molecule has 2 aromatic carbocycles. The molecule has 166 valence electrons. The second-order valence-electron chi connectivity index (χ2n) is 9.07. The molecule has 1 saturated heterocycles. The number of amides is 1. The lowest BCUT2D eigenvalue weighted by Gasteiger charge is -2.52. The lowest BCUT2D eigenvalue weighted by molar-refractivity contribution is -0.121. The highest BCUT2D eigenvalue weighted by Crippen LogP contribution is 2.49. The molecule has 1 aliphatic heterocycles. The first-order valence-corrected chi connectivity index (χ1v) is 11.7. The zero-order valence-corrected chi connectivity index (χ0v) is 19.7. The van der Waals surface area contributed by atoms with Gasteiger partial charge >= 0.3 is 0 Å². The first kappa shape index (κ1) is 22.4.